The molecule has 0 saturated heterocycles. The van der Waals surface area contributed by atoms with Gasteiger partial charge in [0.2, 0.25) is 5.75 Å². The van der Waals surface area contributed by atoms with Gasteiger partial charge in [0.15, 0.2) is 5.75 Å². The van der Waals surface area contributed by atoms with Gasteiger partial charge in [-0.3, -0.25) is 10.1 Å². The van der Waals surface area contributed by atoms with E-state index in [0.717, 1.165) is 12.8 Å². The second kappa shape index (κ2) is 5.49. The molecule has 1 aromatic carbocycles. The minimum atomic E-state index is -0.745. The van der Waals surface area contributed by atoms with Crippen molar-refractivity contribution in [2.24, 2.45) is 5.73 Å². The molecule has 4 N–H and O–H groups in total. The summed E-state index contributed by atoms with van der Waals surface area (Å²) >= 11 is 0. The number of hydrogen-bond acceptors (Lipinski definition) is 5. The maximum absolute atomic E-state index is 10.7. The molecule has 1 aromatic rings. The van der Waals surface area contributed by atoms with Crippen LogP contribution in [0.3, 0.4) is 0 Å². The molecule has 0 aliphatic carbocycles. The predicted molar refractivity (Wildman–Crippen MR) is 62.9 cm³/mol. The van der Waals surface area contributed by atoms with Crippen molar-refractivity contribution in [1.29, 1.82) is 0 Å². The number of nitro groups is 1. The number of nitro benzene ring substituents is 1. The monoisotopic (exact) mass is 240 g/mol. The summed E-state index contributed by atoms with van der Waals surface area (Å²) in [6.07, 6.45) is 2.55. The molecule has 0 amide bonds. The number of benzene rings is 1. The molecule has 0 aromatic heterocycles. The largest absolute Gasteiger partial charge is 0.504 e. The van der Waals surface area contributed by atoms with Gasteiger partial charge in [0.25, 0.3) is 0 Å². The Balaban J connectivity index is 3.05. The first-order chi connectivity index (χ1) is 7.97. The van der Waals surface area contributed by atoms with Gasteiger partial charge in [-0.15, -0.1) is 0 Å². The number of aromatic hydroxyl groups is 2. The van der Waals surface area contributed by atoms with Crippen LogP contribution in [0.4, 0.5) is 5.69 Å². The molecule has 0 aliphatic heterocycles. The number of nitrogens with two attached hydrogens (primary N) is 1. The van der Waals surface area contributed by atoms with Crippen molar-refractivity contribution in [3.05, 3.63) is 27.8 Å². The van der Waals surface area contributed by atoms with E-state index in [1.54, 1.807) is 0 Å². The van der Waals surface area contributed by atoms with Crippen LogP contribution in [0.5, 0.6) is 11.5 Å². The highest BCUT2D eigenvalue weighted by Crippen LogP contribution is 2.37. The third-order valence-electron chi connectivity index (χ3n) is 2.59. The van der Waals surface area contributed by atoms with Gasteiger partial charge in [0.05, 0.1) is 4.92 Å². The molecule has 0 unspecified atom stereocenters. The van der Waals surface area contributed by atoms with Gasteiger partial charge < -0.3 is 15.9 Å². The lowest BCUT2D eigenvalue weighted by Gasteiger charge is -2.12. The molecule has 0 saturated carbocycles. The van der Waals surface area contributed by atoms with E-state index in [2.05, 4.69) is 0 Å². The highest BCUT2D eigenvalue weighted by Gasteiger charge is 2.20. The molecule has 0 radical (unpaired) electrons. The lowest BCUT2D eigenvalue weighted by Crippen LogP contribution is -2.10. The van der Waals surface area contributed by atoms with Crippen molar-refractivity contribution < 1.29 is 15.1 Å². The van der Waals surface area contributed by atoms with E-state index >= 15 is 0 Å². The second-order valence-electron chi connectivity index (χ2n) is 3.91. The van der Waals surface area contributed by atoms with E-state index in [9.17, 15) is 20.3 Å². The smallest absolute Gasteiger partial charge is 0.314 e. The molecule has 6 nitrogen and oxygen atoms in total. The minimum absolute atomic E-state index is 0.375. The lowest BCUT2D eigenvalue weighted by molar-refractivity contribution is -0.386. The van der Waals surface area contributed by atoms with E-state index in [1.807, 2.05) is 6.92 Å². The van der Waals surface area contributed by atoms with Crippen LogP contribution in [-0.2, 0) is 0 Å². The average molecular weight is 240 g/mol. The van der Waals surface area contributed by atoms with E-state index in [0.29, 0.717) is 12.0 Å². The molecular formula is C11H16N2O4. The Bertz CT molecular complexity index is 420. The number of rotatable bonds is 5. The number of unbranched alkanes of at least 4 members (excludes halogenated alkanes) is 1. The Morgan fingerprint density at radius 2 is 2.12 bits per heavy atom. The van der Waals surface area contributed by atoms with Crippen LogP contribution >= 0.6 is 0 Å². The molecule has 94 valence electrons. The Hall–Kier alpha value is -1.82. The van der Waals surface area contributed by atoms with Gasteiger partial charge in [0, 0.05) is 12.1 Å². The van der Waals surface area contributed by atoms with E-state index < -0.39 is 22.1 Å². The van der Waals surface area contributed by atoms with Crippen molar-refractivity contribution in [1.82, 2.24) is 0 Å². The van der Waals surface area contributed by atoms with Crippen LogP contribution in [0.1, 0.15) is 37.8 Å². The molecule has 1 atom stereocenters. The predicted octanol–water partition coefficient (Wildman–Crippen LogP) is 2.20. The second-order valence-corrected chi connectivity index (χ2v) is 3.91. The van der Waals surface area contributed by atoms with Gasteiger partial charge in [-0.2, -0.15) is 0 Å². The molecule has 6 heteroatoms. The van der Waals surface area contributed by atoms with Crippen LogP contribution in [0.25, 0.3) is 0 Å². The quantitative estimate of drug-likeness (QED) is 0.415. The SMILES string of the molecule is CCCC[C@H](N)c1cc(O)c(O)c([N+](=O)[O-])c1. The van der Waals surface area contributed by atoms with Gasteiger partial charge in [-0.05, 0) is 18.1 Å². The molecule has 0 heterocycles. The van der Waals surface area contributed by atoms with Gasteiger partial charge in [0.1, 0.15) is 0 Å². The zero-order chi connectivity index (χ0) is 13.0. The van der Waals surface area contributed by atoms with Gasteiger partial charge >= 0.3 is 5.69 Å². The third-order valence-corrected chi connectivity index (χ3v) is 2.59. The third kappa shape index (κ3) is 3.07. The topological polar surface area (TPSA) is 110 Å². The van der Waals surface area contributed by atoms with E-state index in [1.165, 1.54) is 12.1 Å². The fourth-order valence-corrected chi connectivity index (χ4v) is 1.57. The van der Waals surface area contributed by atoms with Gasteiger partial charge in [-0.1, -0.05) is 19.8 Å². The fraction of sp³-hybridized carbons (Fsp3) is 0.455. The summed E-state index contributed by atoms with van der Waals surface area (Å²) in [4.78, 5) is 9.91. The lowest BCUT2D eigenvalue weighted by atomic mass is 10.0. The van der Waals surface area contributed by atoms with Crippen LogP contribution in [0.2, 0.25) is 0 Å². The molecule has 17 heavy (non-hydrogen) atoms. The zero-order valence-electron chi connectivity index (χ0n) is 9.59. The maximum Gasteiger partial charge on any atom is 0.314 e. The first kappa shape index (κ1) is 13.2. The number of phenols is 2. The van der Waals surface area contributed by atoms with Gasteiger partial charge in [-0.25, -0.2) is 0 Å². The summed E-state index contributed by atoms with van der Waals surface area (Å²) in [5, 5.41) is 29.4. The molecule has 0 fully saturated rings. The summed E-state index contributed by atoms with van der Waals surface area (Å²) < 4.78 is 0. The summed E-state index contributed by atoms with van der Waals surface area (Å²) in [5.41, 5.74) is 5.79. The van der Waals surface area contributed by atoms with Crippen molar-refractivity contribution in [3.63, 3.8) is 0 Å². The molecular weight excluding hydrogens is 224 g/mol. The highest BCUT2D eigenvalue weighted by atomic mass is 16.6. The summed E-state index contributed by atoms with van der Waals surface area (Å²) in [5.74, 6) is -1.23. The van der Waals surface area contributed by atoms with E-state index in [4.69, 9.17) is 5.73 Å². The first-order valence-electron chi connectivity index (χ1n) is 5.43. The van der Waals surface area contributed by atoms with Crippen LogP contribution in [0.15, 0.2) is 12.1 Å². The van der Waals surface area contributed by atoms with Crippen molar-refractivity contribution >= 4 is 5.69 Å². The molecule has 1 rings (SSSR count). The van der Waals surface area contributed by atoms with E-state index in [-0.39, 0.29) is 6.04 Å². The Labute approximate surface area is 98.8 Å². The Morgan fingerprint density at radius 3 is 2.65 bits per heavy atom. The van der Waals surface area contributed by atoms with Crippen molar-refractivity contribution in [2.45, 2.75) is 32.2 Å². The highest BCUT2D eigenvalue weighted by molar-refractivity contribution is 5.56. The van der Waals surface area contributed by atoms with Crippen molar-refractivity contribution in [2.75, 3.05) is 0 Å². The molecule has 0 spiro atoms. The van der Waals surface area contributed by atoms with Crippen LogP contribution in [-0.4, -0.2) is 15.1 Å². The van der Waals surface area contributed by atoms with Crippen LogP contribution < -0.4 is 5.73 Å². The fourth-order valence-electron chi connectivity index (χ4n) is 1.57. The molecule has 0 bridgehead atoms. The summed E-state index contributed by atoms with van der Waals surface area (Å²) in [7, 11) is 0. The minimum Gasteiger partial charge on any atom is -0.504 e. The number of nitrogens with zero attached hydrogens (tertiary/aromatic N) is 1. The Kier molecular flexibility index (Phi) is 4.28. The first-order valence-corrected chi connectivity index (χ1v) is 5.43. The normalized spacial score (nSPS) is 12.4. The number of hydrogen-bond donors (Lipinski definition) is 3. The average Bonchev–Trinajstić information content (AvgIpc) is 2.28. The number of phenolic OH excluding ortho intramolecular Hbond substituents is 2. The summed E-state index contributed by atoms with van der Waals surface area (Å²) in [6.45, 7) is 2.02. The summed E-state index contributed by atoms with van der Waals surface area (Å²) in [6, 6.07) is 2.10. The zero-order valence-corrected chi connectivity index (χ0v) is 9.59. The standard InChI is InChI=1S/C11H16N2O4/c1-2-3-4-8(12)7-5-9(13(16)17)11(15)10(14)6-7/h5-6,8,14-15H,2-4,12H2,1H3/t8-/m0/s1. The van der Waals surface area contributed by atoms with Crippen LogP contribution in [0, 0.1) is 10.1 Å². The Morgan fingerprint density at radius 1 is 1.47 bits per heavy atom. The van der Waals surface area contributed by atoms with Crippen molar-refractivity contribution in [3.8, 4) is 11.5 Å². The maximum atomic E-state index is 10.7. The molecule has 0 aliphatic rings.